The quantitative estimate of drug-likeness (QED) is 0.375. The number of halogens is 5. The second kappa shape index (κ2) is 10.2. The van der Waals surface area contributed by atoms with Crippen LogP contribution < -0.4 is 15.5 Å². The van der Waals surface area contributed by atoms with Gasteiger partial charge in [0.15, 0.2) is 6.19 Å². The summed E-state index contributed by atoms with van der Waals surface area (Å²) >= 11 is 0. The van der Waals surface area contributed by atoms with Crippen LogP contribution in [0.15, 0.2) is 53.7 Å². The lowest BCUT2D eigenvalue weighted by Gasteiger charge is -2.41. The second-order valence-corrected chi connectivity index (χ2v) is 11.7. The predicted octanol–water partition coefficient (Wildman–Crippen LogP) is 3.39. The molecule has 3 heterocycles. The Hall–Kier alpha value is -3.97. The molecule has 0 bridgehead atoms. The van der Waals surface area contributed by atoms with Crippen molar-refractivity contribution in [2.75, 3.05) is 31.2 Å². The molecule has 3 amide bonds. The summed E-state index contributed by atoms with van der Waals surface area (Å²) in [4.78, 5) is 43.1. The van der Waals surface area contributed by atoms with E-state index < -0.39 is 51.5 Å². The van der Waals surface area contributed by atoms with Gasteiger partial charge in [0, 0.05) is 49.4 Å². The first-order chi connectivity index (χ1) is 18.7. The van der Waals surface area contributed by atoms with Crippen LogP contribution in [0.2, 0.25) is 0 Å². The van der Waals surface area contributed by atoms with E-state index in [-0.39, 0.29) is 36.0 Å². The maximum atomic E-state index is 14.0. The van der Waals surface area contributed by atoms with Crippen molar-refractivity contribution in [1.82, 2.24) is 20.5 Å². The number of anilines is 1. The number of pyridine rings is 1. The third kappa shape index (κ3) is 6.59. The normalized spacial score (nSPS) is 20.8. The standard InChI is InChI=1S/C24H25F5N6O4S/c25-40(26,27,28,29)19-5-3-18(4-6-19)35(24(38)20-13-32-21(36)14-34(20)15-30)22(16-2-1-9-31-12-16)23(37)33-17-7-10-39-11-8-17/h1-6,9,12,17,20,22H,7-8,10-11,13-14H2,(H,32,36)(H,33,37)/t20-,22?/m1/s1. The summed E-state index contributed by atoms with van der Waals surface area (Å²) in [5, 5.41) is 14.8. The Bertz CT molecular complexity index is 1320. The molecule has 2 atom stereocenters. The molecule has 1 aromatic carbocycles. The Labute approximate surface area is 225 Å². The number of amides is 3. The fourth-order valence-electron chi connectivity index (χ4n) is 4.47. The van der Waals surface area contributed by atoms with Gasteiger partial charge in [0.25, 0.3) is 5.91 Å². The molecule has 0 spiro atoms. The fourth-order valence-corrected chi connectivity index (χ4v) is 5.12. The van der Waals surface area contributed by atoms with Crippen LogP contribution in [-0.4, -0.2) is 66.0 Å². The topological polar surface area (TPSA) is 128 Å². The van der Waals surface area contributed by atoms with Crippen LogP contribution in [0.4, 0.5) is 25.1 Å². The van der Waals surface area contributed by atoms with Gasteiger partial charge in [0.1, 0.15) is 23.5 Å². The van der Waals surface area contributed by atoms with Gasteiger partial charge in [0.2, 0.25) is 11.8 Å². The van der Waals surface area contributed by atoms with Crippen molar-refractivity contribution in [3.63, 3.8) is 0 Å². The largest absolute Gasteiger partial charge is 0.381 e. The average molecular weight is 589 g/mol. The van der Waals surface area contributed by atoms with Gasteiger partial charge in [0.05, 0.1) is 0 Å². The number of aromatic nitrogens is 1. The number of hydrogen-bond acceptors (Lipinski definition) is 7. The SMILES string of the molecule is N#CN1CC(=O)NC[C@@H]1C(=O)N(c1ccc(S(F)(F)(F)(F)F)cc1)C(C(=O)NC1CCOCC1)c1cccnc1. The summed E-state index contributed by atoms with van der Waals surface area (Å²) < 4.78 is 72.5. The zero-order valence-electron chi connectivity index (χ0n) is 20.8. The molecule has 1 aromatic heterocycles. The first kappa shape index (κ1) is 29.0. The van der Waals surface area contributed by atoms with Crippen LogP contribution in [0, 0.1) is 11.5 Å². The molecule has 2 aromatic rings. The van der Waals surface area contributed by atoms with Gasteiger partial charge in [-0.2, -0.15) is 5.26 Å². The first-order valence-electron chi connectivity index (χ1n) is 12.1. The van der Waals surface area contributed by atoms with Crippen molar-refractivity contribution in [3.8, 4) is 6.19 Å². The Morgan fingerprint density at radius 3 is 2.40 bits per heavy atom. The number of rotatable bonds is 7. The van der Waals surface area contributed by atoms with E-state index in [4.69, 9.17) is 4.74 Å². The van der Waals surface area contributed by atoms with E-state index in [0.717, 1.165) is 9.80 Å². The molecule has 10 nitrogen and oxygen atoms in total. The number of benzene rings is 1. The molecule has 40 heavy (non-hydrogen) atoms. The molecule has 2 aliphatic rings. The third-order valence-corrected chi connectivity index (χ3v) is 7.63. The van der Waals surface area contributed by atoms with Crippen molar-refractivity contribution in [2.45, 2.75) is 35.9 Å². The van der Waals surface area contributed by atoms with Gasteiger partial charge in [-0.05, 0) is 43.2 Å². The molecular weight excluding hydrogens is 563 g/mol. The van der Waals surface area contributed by atoms with Gasteiger partial charge in [-0.15, -0.1) is 0 Å². The van der Waals surface area contributed by atoms with E-state index >= 15 is 0 Å². The summed E-state index contributed by atoms with van der Waals surface area (Å²) in [5.41, 5.74) is -0.151. The Morgan fingerprint density at radius 2 is 1.82 bits per heavy atom. The highest BCUT2D eigenvalue weighted by Gasteiger charge is 2.65. The molecule has 0 saturated carbocycles. The van der Waals surface area contributed by atoms with Gasteiger partial charge < -0.3 is 15.4 Å². The third-order valence-electron chi connectivity index (χ3n) is 6.47. The van der Waals surface area contributed by atoms with E-state index in [1.54, 1.807) is 6.19 Å². The minimum absolute atomic E-state index is 0.137. The fraction of sp³-hybridized carbons (Fsp3) is 0.375. The van der Waals surface area contributed by atoms with Gasteiger partial charge >= 0.3 is 10.2 Å². The Morgan fingerprint density at radius 1 is 1.15 bits per heavy atom. The number of ether oxygens (including phenoxy) is 1. The number of nitriles is 1. The molecule has 2 aliphatic heterocycles. The lowest BCUT2D eigenvalue weighted by Crippen LogP contribution is -2.60. The van der Waals surface area contributed by atoms with Gasteiger partial charge in [-0.1, -0.05) is 25.5 Å². The van der Waals surface area contributed by atoms with Crippen molar-refractivity contribution in [2.24, 2.45) is 0 Å². The Kier molecular flexibility index (Phi) is 7.41. The van der Waals surface area contributed by atoms with Crippen LogP contribution in [0.5, 0.6) is 0 Å². The number of hydrogen-bond donors (Lipinski definition) is 2. The number of nitrogens with one attached hydrogen (secondary N) is 2. The van der Waals surface area contributed by atoms with E-state index in [1.807, 2.05) is 0 Å². The van der Waals surface area contributed by atoms with Crippen LogP contribution in [0.25, 0.3) is 0 Å². The molecule has 0 radical (unpaired) electrons. The average Bonchev–Trinajstić information content (AvgIpc) is 2.91. The van der Waals surface area contributed by atoms with Crippen molar-refractivity contribution >= 4 is 33.6 Å². The maximum absolute atomic E-state index is 14.0. The minimum Gasteiger partial charge on any atom is -0.381 e. The summed E-state index contributed by atoms with van der Waals surface area (Å²) in [6.45, 7) is -0.0673. The van der Waals surface area contributed by atoms with Crippen LogP contribution in [0.1, 0.15) is 24.4 Å². The lowest BCUT2D eigenvalue weighted by molar-refractivity contribution is -0.132. The van der Waals surface area contributed by atoms with Gasteiger partial charge in [-0.25, -0.2) is 0 Å². The maximum Gasteiger partial charge on any atom is 0.310 e. The summed E-state index contributed by atoms with van der Waals surface area (Å²) in [7, 11) is -10.0. The van der Waals surface area contributed by atoms with E-state index in [2.05, 4.69) is 15.6 Å². The molecule has 4 rings (SSSR count). The monoisotopic (exact) mass is 588 g/mol. The first-order valence-corrected chi connectivity index (χ1v) is 14.0. The van der Waals surface area contributed by atoms with Crippen LogP contribution in [0.3, 0.4) is 0 Å². The second-order valence-electron chi connectivity index (χ2n) is 9.30. The highest BCUT2D eigenvalue weighted by Crippen LogP contribution is 3.02. The van der Waals surface area contributed by atoms with Crippen LogP contribution in [-0.2, 0) is 19.1 Å². The summed E-state index contributed by atoms with van der Waals surface area (Å²) in [6.07, 6.45) is 5.36. The van der Waals surface area contributed by atoms with Gasteiger partial charge in [-0.3, -0.25) is 29.2 Å². The number of carbonyl (C=O) groups excluding carboxylic acids is 3. The highest BCUT2D eigenvalue weighted by atomic mass is 32.5. The molecule has 2 N–H and O–H groups in total. The molecular formula is C24H25F5N6O4S. The molecule has 16 heteroatoms. The molecule has 0 aliphatic carbocycles. The number of carbonyl (C=O) groups is 3. The molecule has 1 unspecified atom stereocenters. The minimum atomic E-state index is -10.0. The van der Waals surface area contributed by atoms with Crippen molar-refractivity contribution in [3.05, 3.63) is 54.4 Å². The van der Waals surface area contributed by atoms with E-state index in [0.29, 0.717) is 38.2 Å². The molecule has 2 saturated heterocycles. The highest BCUT2D eigenvalue weighted by molar-refractivity contribution is 8.45. The van der Waals surface area contributed by atoms with Crippen LogP contribution >= 0.6 is 10.2 Å². The summed E-state index contributed by atoms with van der Waals surface area (Å²) in [6, 6.07) is 1.35. The molecule has 2 fully saturated rings. The van der Waals surface area contributed by atoms with Crippen molar-refractivity contribution in [1.29, 1.82) is 5.26 Å². The summed E-state index contributed by atoms with van der Waals surface area (Å²) in [5.74, 6) is -2.19. The number of nitrogens with zero attached hydrogens (tertiary/aromatic N) is 4. The number of piperazine rings is 1. The smallest absolute Gasteiger partial charge is 0.310 e. The zero-order valence-corrected chi connectivity index (χ0v) is 21.6. The lowest BCUT2D eigenvalue weighted by atomic mass is 10.0. The zero-order chi connectivity index (χ0) is 29.2. The predicted molar refractivity (Wildman–Crippen MR) is 133 cm³/mol. The van der Waals surface area contributed by atoms with E-state index in [9.17, 15) is 39.1 Å². The van der Waals surface area contributed by atoms with Crippen molar-refractivity contribution < 1.29 is 38.5 Å². The molecule has 216 valence electrons. The van der Waals surface area contributed by atoms with E-state index in [1.165, 1.54) is 24.5 Å². The Balaban J connectivity index is 1.82.